The van der Waals surface area contributed by atoms with E-state index in [0.717, 1.165) is 28.8 Å². The van der Waals surface area contributed by atoms with E-state index in [9.17, 15) is 8.42 Å². The molecule has 1 saturated heterocycles. The van der Waals surface area contributed by atoms with Gasteiger partial charge in [-0.2, -0.15) is 9.40 Å². The molecule has 2 aromatic heterocycles. The second-order valence-electron chi connectivity index (χ2n) is 7.07. The van der Waals surface area contributed by atoms with E-state index in [1.807, 2.05) is 31.2 Å². The number of anilines is 1. The van der Waals surface area contributed by atoms with Crippen LogP contribution in [0, 0.1) is 6.92 Å². The molecule has 4 rings (SSSR count). The quantitative estimate of drug-likeness (QED) is 0.742. The van der Waals surface area contributed by atoms with Crippen LogP contribution in [0.1, 0.15) is 11.3 Å². The fraction of sp³-hybridized carbons (Fsp3) is 0.368. The normalized spacial score (nSPS) is 18.9. The van der Waals surface area contributed by atoms with E-state index in [4.69, 9.17) is 0 Å². The van der Waals surface area contributed by atoms with Gasteiger partial charge in [0.15, 0.2) is 0 Å². The van der Waals surface area contributed by atoms with E-state index in [-0.39, 0.29) is 6.04 Å². The number of benzene rings is 1. The van der Waals surface area contributed by atoms with Gasteiger partial charge in [-0.3, -0.25) is 5.10 Å². The van der Waals surface area contributed by atoms with Crippen molar-refractivity contribution in [3.8, 4) is 0 Å². The van der Waals surface area contributed by atoms with Gasteiger partial charge in [0, 0.05) is 36.8 Å². The molecule has 0 saturated carbocycles. The molecule has 0 aliphatic carbocycles. The van der Waals surface area contributed by atoms with Gasteiger partial charge >= 0.3 is 0 Å². The number of H-pyrrole nitrogens is 1. The van der Waals surface area contributed by atoms with E-state index in [0.29, 0.717) is 19.6 Å². The maximum atomic E-state index is 12.1. The number of piperazine rings is 1. The summed E-state index contributed by atoms with van der Waals surface area (Å²) in [6.45, 7) is 3.52. The van der Waals surface area contributed by atoms with Gasteiger partial charge in [-0.15, -0.1) is 0 Å². The molecule has 1 aliphatic heterocycles. The molecule has 0 bridgehead atoms. The third kappa shape index (κ3) is 3.68. The van der Waals surface area contributed by atoms with Crippen molar-refractivity contribution in [3.05, 3.63) is 53.9 Å². The zero-order valence-corrected chi connectivity index (χ0v) is 16.3. The Morgan fingerprint density at radius 1 is 1.22 bits per heavy atom. The number of fused-ring (bicyclic) bond motifs is 1. The van der Waals surface area contributed by atoms with Gasteiger partial charge in [0.05, 0.1) is 12.5 Å². The summed E-state index contributed by atoms with van der Waals surface area (Å²) in [6, 6.07) is 12.2. The lowest BCUT2D eigenvalue weighted by Gasteiger charge is -2.41. The Labute approximate surface area is 159 Å². The lowest BCUT2D eigenvalue weighted by Crippen LogP contribution is -2.55. The zero-order valence-electron chi connectivity index (χ0n) is 15.5. The molecule has 1 atom stereocenters. The van der Waals surface area contributed by atoms with E-state index in [1.165, 1.54) is 11.8 Å². The number of sulfonamides is 1. The third-order valence-corrected chi connectivity index (χ3v) is 6.41. The van der Waals surface area contributed by atoms with E-state index in [2.05, 4.69) is 32.2 Å². The highest BCUT2D eigenvalue weighted by Gasteiger charge is 2.32. The number of nitrogens with one attached hydrogen (secondary N) is 1. The molecule has 0 radical (unpaired) electrons. The van der Waals surface area contributed by atoms with Crippen molar-refractivity contribution in [2.24, 2.45) is 0 Å². The minimum Gasteiger partial charge on any atom is -0.351 e. The maximum Gasteiger partial charge on any atom is 0.211 e. The smallest absolute Gasteiger partial charge is 0.211 e. The molecule has 1 aliphatic rings. The lowest BCUT2D eigenvalue weighted by molar-refractivity contribution is 0.331. The number of pyridine rings is 1. The Kier molecular flexibility index (Phi) is 4.61. The van der Waals surface area contributed by atoms with Gasteiger partial charge in [0.2, 0.25) is 10.0 Å². The fourth-order valence-electron chi connectivity index (χ4n) is 3.68. The Bertz CT molecular complexity index is 1050. The van der Waals surface area contributed by atoms with Gasteiger partial charge in [-0.25, -0.2) is 13.4 Å². The topological polar surface area (TPSA) is 82.2 Å². The number of aromatic amines is 1. The molecule has 3 aromatic rings. The molecule has 3 heterocycles. The van der Waals surface area contributed by atoms with Gasteiger partial charge in [-0.05, 0) is 25.0 Å². The van der Waals surface area contributed by atoms with E-state index in [1.54, 1.807) is 10.5 Å². The number of hydrogen-bond donors (Lipinski definition) is 1. The van der Waals surface area contributed by atoms with Crippen LogP contribution in [0.4, 0.5) is 5.82 Å². The average molecular weight is 385 g/mol. The van der Waals surface area contributed by atoms with Crippen molar-refractivity contribution in [2.75, 3.05) is 30.8 Å². The molecule has 0 spiro atoms. The molecule has 0 unspecified atom stereocenters. The summed E-state index contributed by atoms with van der Waals surface area (Å²) in [5.74, 6) is 0.862. The van der Waals surface area contributed by atoms with E-state index < -0.39 is 10.0 Å². The number of aryl methyl sites for hydroxylation is 1. The third-order valence-electron chi connectivity index (χ3n) is 5.14. The van der Waals surface area contributed by atoms with Gasteiger partial charge in [0.25, 0.3) is 0 Å². The second kappa shape index (κ2) is 6.94. The Morgan fingerprint density at radius 2 is 2.00 bits per heavy atom. The minimum absolute atomic E-state index is 0.0213. The fourth-order valence-corrected chi connectivity index (χ4v) is 4.53. The maximum absolute atomic E-state index is 12.1. The first-order valence-corrected chi connectivity index (χ1v) is 10.8. The van der Waals surface area contributed by atoms with Gasteiger partial charge in [-0.1, -0.05) is 30.3 Å². The summed E-state index contributed by atoms with van der Waals surface area (Å²) in [5, 5.41) is 8.28. The van der Waals surface area contributed by atoms with Crippen molar-refractivity contribution in [2.45, 2.75) is 19.4 Å². The summed E-state index contributed by atoms with van der Waals surface area (Å²) < 4.78 is 25.8. The molecule has 142 valence electrons. The first kappa shape index (κ1) is 17.9. The standard InChI is InChI=1S/C19H23N5O2S/c1-14-17-11-19(20-12-18(17)22-21-14)24-9-8-23(27(2,25)26)13-16(24)10-15-6-4-3-5-7-15/h3-7,11-12,16H,8-10,13H2,1-2H3,(H,21,22)/t16-/m0/s1. The summed E-state index contributed by atoms with van der Waals surface area (Å²) in [5.41, 5.74) is 3.03. The van der Waals surface area contributed by atoms with Crippen LogP contribution >= 0.6 is 0 Å². The van der Waals surface area contributed by atoms with Crippen molar-refractivity contribution in [1.29, 1.82) is 0 Å². The van der Waals surface area contributed by atoms with Crippen LogP contribution in [0.3, 0.4) is 0 Å². The van der Waals surface area contributed by atoms with E-state index >= 15 is 0 Å². The highest BCUT2D eigenvalue weighted by molar-refractivity contribution is 7.88. The van der Waals surface area contributed by atoms with Crippen LogP contribution in [-0.2, 0) is 16.4 Å². The SMILES string of the molecule is Cc1[nH]nc2cnc(N3CCN(S(C)(=O)=O)C[C@@H]3Cc3ccccc3)cc12. The van der Waals surface area contributed by atoms with Crippen LogP contribution in [-0.4, -0.2) is 59.8 Å². The Balaban J connectivity index is 1.68. The largest absolute Gasteiger partial charge is 0.351 e. The van der Waals surface area contributed by atoms with Crippen LogP contribution in [0.5, 0.6) is 0 Å². The Morgan fingerprint density at radius 3 is 2.74 bits per heavy atom. The molecular formula is C19H23N5O2S. The van der Waals surface area contributed by atoms with Crippen LogP contribution < -0.4 is 4.90 Å². The number of rotatable bonds is 4. The lowest BCUT2D eigenvalue weighted by atomic mass is 10.0. The van der Waals surface area contributed by atoms with Crippen LogP contribution in [0.2, 0.25) is 0 Å². The van der Waals surface area contributed by atoms with Crippen LogP contribution in [0.25, 0.3) is 10.9 Å². The molecule has 27 heavy (non-hydrogen) atoms. The number of hydrogen-bond acceptors (Lipinski definition) is 5. The number of nitrogens with zero attached hydrogens (tertiary/aromatic N) is 4. The molecule has 0 amide bonds. The summed E-state index contributed by atoms with van der Waals surface area (Å²) in [6.07, 6.45) is 3.81. The molecule has 8 heteroatoms. The Hall–Kier alpha value is -2.45. The average Bonchev–Trinajstić information content (AvgIpc) is 3.02. The molecule has 1 N–H and O–H groups in total. The van der Waals surface area contributed by atoms with Crippen molar-refractivity contribution < 1.29 is 8.42 Å². The van der Waals surface area contributed by atoms with Crippen molar-refractivity contribution in [1.82, 2.24) is 19.5 Å². The van der Waals surface area contributed by atoms with Gasteiger partial charge in [0.1, 0.15) is 11.3 Å². The molecule has 1 fully saturated rings. The number of aromatic nitrogens is 3. The summed E-state index contributed by atoms with van der Waals surface area (Å²) >= 11 is 0. The van der Waals surface area contributed by atoms with Crippen molar-refractivity contribution >= 4 is 26.7 Å². The highest BCUT2D eigenvalue weighted by Crippen LogP contribution is 2.26. The molecule has 1 aromatic carbocycles. The minimum atomic E-state index is -3.22. The molecular weight excluding hydrogens is 362 g/mol. The molecule has 7 nitrogen and oxygen atoms in total. The monoisotopic (exact) mass is 385 g/mol. The van der Waals surface area contributed by atoms with Crippen LogP contribution in [0.15, 0.2) is 42.6 Å². The summed E-state index contributed by atoms with van der Waals surface area (Å²) in [4.78, 5) is 6.82. The highest BCUT2D eigenvalue weighted by atomic mass is 32.2. The predicted molar refractivity (Wildman–Crippen MR) is 106 cm³/mol. The first-order valence-electron chi connectivity index (χ1n) is 8.98. The van der Waals surface area contributed by atoms with Gasteiger partial charge < -0.3 is 4.90 Å². The van der Waals surface area contributed by atoms with Crippen molar-refractivity contribution in [3.63, 3.8) is 0 Å². The first-order chi connectivity index (χ1) is 12.9. The second-order valence-corrected chi connectivity index (χ2v) is 9.05. The predicted octanol–water partition coefficient (Wildman–Crippen LogP) is 1.96. The summed E-state index contributed by atoms with van der Waals surface area (Å²) in [7, 11) is -3.22. The zero-order chi connectivity index (χ0) is 19.0.